The highest BCUT2D eigenvalue weighted by Gasteiger charge is 2.19. The van der Waals surface area contributed by atoms with E-state index in [1.165, 1.54) is 5.56 Å². The number of pyridine rings is 1. The second-order valence-corrected chi connectivity index (χ2v) is 6.29. The van der Waals surface area contributed by atoms with Gasteiger partial charge in [0.15, 0.2) is 11.5 Å². The highest BCUT2D eigenvalue weighted by molar-refractivity contribution is 5.84. The van der Waals surface area contributed by atoms with Crippen molar-refractivity contribution in [3.8, 4) is 40.0 Å². The lowest BCUT2D eigenvalue weighted by molar-refractivity contribution is 0.356. The minimum Gasteiger partial charge on any atom is -0.493 e. The van der Waals surface area contributed by atoms with Crippen LogP contribution < -0.4 is 15.2 Å². The third kappa shape index (κ3) is 3.30. The fourth-order valence-electron chi connectivity index (χ4n) is 3.23. The summed E-state index contributed by atoms with van der Waals surface area (Å²) in [5.41, 5.74) is 11.8. The predicted octanol–water partition coefficient (Wildman–Crippen LogP) is 4.50. The van der Waals surface area contributed by atoms with Crippen LogP contribution in [0.15, 0.2) is 42.5 Å². The van der Waals surface area contributed by atoms with Crippen molar-refractivity contribution in [1.29, 1.82) is 5.26 Å². The van der Waals surface area contributed by atoms with Gasteiger partial charge >= 0.3 is 0 Å². The summed E-state index contributed by atoms with van der Waals surface area (Å²) in [5.74, 6) is 1.32. The van der Waals surface area contributed by atoms with Crippen LogP contribution in [0.1, 0.15) is 16.7 Å². The lowest BCUT2D eigenvalue weighted by atomic mass is 9.95. The number of nitriles is 1. The summed E-state index contributed by atoms with van der Waals surface area (Å²) in [6.45, 7) is 4.08. The molecule has 1 heterocycles. The average Bonchev–Trinajstić information content (AvgIpc) is 2.66. The van der Waals surface area contributed by atoms with Crippen LogP contribution >= 0.6 is 0 Å². The van der Waals surface area contributed by atoms with Gasteiger partial charge in [0.05, 0.1) is 19.9 Å². The molecule has 0 aliphatic heterocycles. The van der Waals surface area contributed by atoms with Crippen molar-refractivity contribution in [2.24, 2.45) is 0 Å². The number of hydrogen-bond acceptors (Lipinski definition) is 5. The zero-order valence-electron chi connectivity index (χ0n) is 15.8. The van der Waals surface area contributed by atoms with E-state index in [4.69, 9.17) is 15.2 Å². The number of nitrogen functional groups attached to an aromatic ring is 1. The van der Waals surface area contributed by atoms with Crippen LogP contribution in [0.3, 0.4) is 0 Å². The van der Waals surface area contributed by atoms with Gasteiger partial charge in [-0.1, -0.05) is 35.9 Å². The van der Waals surface area contributed by atoms with Crippen LogP contribution in [0, 0.1) is 25.2 Å². The number of ether oxygens (including phenoxy) is 2. The molecule has 0 unspecified atom stereocenters. The summed E-state index contributed by atoms with van der Waals surface area (Å²) in [6, 6.07) is 15.7. The highest BCUT2D eigenvalue weighted by Crippen LogP contribution is 2.41. The fraction of sp³-hybridized carbons (Fsp3) is 0.182. The van der Waals surface area contributed by atoms with Crippen LogP contribution in [0.5, 0.6) is 11.5 Å². The summed E-state index contributed by atoms with van der Waals surface area (Å²) in [6.07, 6.45) is 0. The zero-order valence-corrected chi connectivity index (χ0v) is 15.8. The molecule has 0 fully saturated rings. The van der Waals surface area contributed by atoms with Crippen LogP contribution in [0.4, 0.5) is 5.82 Å². The van der Waals surface area contributed by atoms with Gasteiger partial charge in [0, 0.05) is 16.7 Å². The lowest BCUT2D eigenvalue weighted by Gasteiger charge is -2.16. The summed E-state index contributed by atoms with van der Waals surface area (Å²) in [5, 5.41) is 9.66. The minimum atomic E-state index is 0.190. The van der Waals surface area contributed by atoms with Gasteiger partial charge in [0.1, 0.15) is 17.5 Å². The van der Waals surface area contributed by atoms with E-state index < -0.39 is 0 Å². The summed E-state index contributed by atoms with van der Waals surface area (Å²) in [4.78, 5) is 4.47. The van der Waals surface area contributed by atoms with E-state index >= 15 is 0 Å². The van der Waals surface area contributed by atoms with Crippen molar-refractivity contribution in [3.05, 3.63) is 59.2 Å². The highest BCUT2D eigenvalue weighted by atomic mass is 16.5. The van der Waals surface area contributed by atoms with Gasteiger partial charge in [-0.2, -0.15) is 5.26 Å². The van der Waals surface area contributed by atoms with Crippen molar-refractivity contribution >= 4 is 5.82 Å². The molecule has 2 N–H and O–H groups in total. The molecule has 0 amide bonds. The Bertz CT molecular complexity index is 1050. The first-order chi connectivity index (χ1) is 13.0. The second kappa shape index (κ2) is 7.38. The van der Waals surface area contributed by atoms with E-state index in [0.717, 1.165) is 16.7 Å². The average molecular weight is 359 g/mol. The molecule has 0 bridgehead atoms. The number of nitrogens with two attached hydrogens (primary N) is 1. The van der Waals surface area contributed by atoms with E-state index in [0.29, 0.717) is 28.3 Å². The van der Waals surface area contributed by atoms with Gasteiger partial charge in [-0.05, 0) is 31.5 Å². The summed E-state index contributed by atoms with van der Waals surface area (Å²) >= 11 is 0. The maximum atomic E-state index is 9.66. The Balaban J connectivity index is 2.31. The minimum absolute atomic E-state index is 0.190. The Morgan fingerprint density at radius 1 is 0.963 bits per heavy atom. The lowest BCUT2D eigenvalue weighted by Crippen LogP contribution is -2.02. The SMILES string of the molecule is COc1cccc(-c2cc(-c3ccc(C)cc3C)nc(N)c2C#N)c1OC. The van der Waals surface area contributed by atoms with Crippen molar-refractivity contribution in [3.63, 3.8) is 0 Å². The maximum Gasteiger partial charge on any atom is 0.168 e. The molecular weight excluding hydrogens is 338 g/mol. The summed E-state index contributed by atoms with van der Waals surface area (Å²) < 4.78 is 10.9. The van der Waals surface area contributed by atoms with E-state index in [1.54, 1.807) is 14.2 Å². The largest absolute Gasteiger partial charge is 0.493 e. The normalized spacial score (nSPS) is 10.3. The maximum absolute atomic E-state index is 9.66. The van der Waals surface area contributed by atoms with Crippen LogP contribution in [0.25, 0.3) is 22.4 Å². The first-order valence-corrected chi connectivity index (χ1v) is 8.49. The number of anilines is 1. The molecule has 0 spiro atoms. The number of aromatic nitrogens is 1. The Morgan fingerprint density at radius 3 is 2.37 bits per heavy atom. The van der Waals surface area contributed by atoms with Gasteiger partial charge in [-0.25, -0.2) is 4.98 Å². The molecule has 5 nitrogen and oxygen atoms in total. The van der Waals surface area contributed by atoms with Gasteiger partial charge < -0.3 is 15.2 Å². The number of para-hydroxylation sites is 1. The topological polar surface area (TPSA) is 81.2 Å². The molecular formula is C22H21N3O2. The molecule has 0 saturated heterocycles. The summed E-state index contributed by atoms with van der Waals surface area (Å²) in [7, 11) is 3.15. The van der Waals surface area contributed by atoms with E-state index in [9.17, 15) is 5.26 Å². The van der Waals surface area contributed by atoms with Crippen LogP contribution in [0.2, 0.25) is 0 Å². The molecule has 0 aliphatic rings. The first kappa shape index (κ1) is 18.3. The Kier molecular flexibility index (Phi) is 5.00. The third-order valence-electron chi connectivity index (χ3n) is 4.51. The molecule has 3 rings (SSSR count). The Labute approximate surface area is 159 Å². The van der Waals surface area contributed by atoms with E-state index in [1.807, 2.05) is 50.2 Å². The number of benzene rings is 2. The molecule has 1 aromatic heterocycles. The molecule has 0 atom stereocenters. The Hall–Kier alpha value is -3.52. The smallest absolute Gasteiger partial charge is 0.168 e. The second-order valence-electron chi connectivity index (χ2n) is 6.29. The standard InChI is InChI=1S/C22H21N3O2/c1-13-8-9-15(14(2)10-13)19-11-17(18(12-23)22(24)25-19)16-6-5-7-20(26-3)21(16)27-4/h5-11H,1-4H3,(H2,24,25). The molecule has 0 aliphatic carbocycles. The third-order valence-corrected chi connectivity index (χ3v) is 4.51. The first-order valence-electron chi connectivity index (χ1n) is 8.49. The number of hydrogen-bond donors (Lipinski definition) is 1. The van der Waals surface area contributed by atoms with Gasteiger partial charge in [-0.15, -0.1) is 0 Å². The van der Waals surface area contributed by atoms with Crippen molar-refractivity contribution in [2.45, 2.75) is 13.8 Å². The van der Waals surface area contributed by atoms with Crippen molar-refractivity contribution < 1.29 is 9.47 Å². The van der Waals surface area contributed by atoms with Crippen LogP contribution in [-0.4, -0.2) is 19.2 Å². The fourth-order valence-corrected chi connectivity index (χ4v) is 3.23. The van der Waals surface area contributed by atoms with Crippen molar-refractivity contribution in [1.82, 2.24) is 4.98 Å². The molecule has 136 valence electrons. The van der Waals surface area contributed by atoms with E-state index in [-0.39, 0.29) is 5.82 Å². The monoisotopic (exact) mass is 359 g/mol. The van der Waals surface area contributed by atoms with E-state index in [2.05, 4.69) is 17.1 Å². The number of methoxy groups -OCH3 is 2. The molecule has 3 aromatic rings. The molecule has 2 aromatic carbocycles. The molecule has 0 radical (unpaired) electrons. The number of nitrogens with zero attached hydrogens (tertiary/aromatic N) is 2. The molecule has 27 heavy (non-hydrogen) atoms. The van der Waals surface area contributed by atoms with Gasteiger partial charge in [0.2, 0.25) is 0 Å². The zero-order chi connectivity index (χ0) is 19.6. The van der Waals surface area contributed by atoms with Gasteiger partial charge in [-0.3, -0.25) is 0 Å². The number of rotatable bonds is 4. The quantitative estimate of drug-likeness (QED) is 0.741. The van der Waals surface area contributed by atoms with Gasteiger partial charge in [0.25, 0.3) is 0 Å². The predicted molar refractivity (Wildman–Crippen MR) is 107 cm³/mol. The molecule has 5 heteroatoms. The number of aryl methyl sites for hydroxylation is 2. The van der Waals surface area contributed by atoms with Crippen LogP contribution in [-0.2, 0) is 0 Å². The Morgan fingerprint density at radius 2 is 1.74 bits per heavy atom. The van der Waals surface area contributed by atoms with Crippen molar-refractivity contribution in [2.75, 3.05) is 20.0 Å². The molecule has 0 saturated carbocycles.